The van der Waals surface area contributed by atoms with Gasteiger partial charge in [0.25, 0.3) is 0 Å². The standard InChI is InChI=1S/C11H14O/c1-3-10-8(2)9-6-4-5-7-11(9)12-10/h4-8,10H,3H2,1-2H3/t8-,10+/m1/s1. The molecule has 0 amide bonds. The molecule has 0 aliphatic carbocycles. The maximum absolute atomic E-state index is 5.77. The molecule has 1 heteroatoms. The van der Waals surface area contributed by atoms with E-state index in [4.69, 9.17) is 4.74 Å². The number of hydrogen-bond acceptors (Lipinski definition) is 1. The van der Waals surface area contributed by atoms with Gasteiger partial charge in [0.2, 0.25) is 0 Å². The van der Waals surface area contributed by atoms with Crippen LogP contribution < -0.4 is 4.74 Å². The fraction of sp³-hybridized carbons (Fsp3) is 0.455. The molecule has 1 aromatic carbocycles. The average Bonchev–Trinajstić information content (AvgIpc) is 2.44. The van der Waals surface area contributed by atoms with E-state index in [2.05, 4.69) is 32.0 Å². The zero-order chi connectivity index (χ0) is 8.55. The summed E-state index contributed by atoms with van der Waals surface area (Å²) in [5, 5.41) is 0. The molecule has 0 bridgehead atoms. The highest BCUT2D eigenvalue weighted by atomic mass is 16.5. The van der Waals surface area contributed by atoms with Crippen LogP contribution in [0.5, 0.6) is 5.75 Å². The number of benzene rings is 1. The quantitative estimate of drug-likeness (QED) is 0.617. The molecule has 0 fully saturated rings. The smallest absolute Gasteiger partial charge is 0.123 e. The summed E-state index contributed by atoms with van der Waals surface area (Å²) in [6.45, 7) is 4.41. The minimum absolute atomic E-state index is 0.391. The molecule has 0 unspecified atom stereocenters. The lowest BCUT2D eigenvalue weighted by Gasteiger charge is -2.11. The van der Waals surface area contributed by atoms with E-state index < -0.39 is 0 Å². The number of para-hydroxylation sites is 1. The number of rotatable bonds is 1. The summed E-state index contributed by atoms with van der Waals surface area (Å²) in [6, 6.07) is 8.33. The van der Waals surface area contributed by atoms with E-state index in [0.717, 1.165) is 12.2 Å². The minimum atomic E-state index is 0.391. The van der Waals surface area contributed by atoms with Crippen LogP contribution in [0.1, 0.15) is 31.7 Å². The molecule has 0 N–H and O–H groups in total. The second-order valence-electron chi connectivity index (χ2n) is 3.39. The van der Waals surface area contributed by atoms with Crippen LogP contribution in [0, 0.1) is 0 Å². The van der Waals surface area contributed by atoms with Crippen molar-refractivity contribution in [2.24, 2.45) is 0 Å². The van der Waals surface area contributed by atoms with E-state index in [1.807, 2.05) is 6.07 Å². The van der Waals surface area contributed by atoms with Crippen LogP contribution in [0.2, 0.25) is 0 Å². The summed E-state index contributed by atoms with van der Waals surface area (Å²) >= 11 is 0. The summed E-state index contributed by atoms with van der Waals surface area (Å²) in [6.07, 6.45) is 1.48. The fourth-order valence-electron chi connectivity index (χ4n) is 1.87. The molecule has 1 heterocycles. The molecule has 64 valence electrons. The van der Waals surface area contributed by atoms with E-state index in [1.165, 1.54) is 5.56 Å². The van der Waals surface area contributed by atoms with Crippen LogP contribution in [-0.2, 0) is 0 Å². The predicted octanol–water partition coefficient (Wildman–Crippen LogP) is 2.96. The van der Waals surface area contributed by atoms with Crippen LogP contribution in [0.3, 0.4) is 0 Å². The lowest BCUT2D eigenvalue weighted by molar-refractivity contribution is 0.206. The van der Waals surface area contributed by atoms with Gasteiger partial charge in [0, 0.05) is 11.5 Å². The van der Waals surface area contributed by atoms with Crippen molar-refractivity contribution in [1.29, 1.82) is 0 Å². The molecule has 0 saturated heterocycles. The number of ether oxygens (including phenoxy) is 1. The SMILES string of the molecule is CC[C@@H]1Oc2ccccc2[C@H]1C. The summed E-state index contributed by atoms with van der Waals surface area (Å²) in [4.78, 5) is 0. The molecule has 0 radical (unpaired) electrons. The highest BCUT2D eigenvalue weighted by molar-refractivity contribution is 5.40. The maximum Gasteiger partial charge on any atom is 0.123 e. The van der Waals surface area contributed by atoms with E-state index in [-0.39, 0.29) is 0 Å². The van der Waals surface area contributed by atoms with Crippen molar-refractivity contribution in [3.05, 3.63) is 29.8 Å². The number of hydrogen-bond donors (Lipinski definition) is 0. The monoisotopic (exact) mass is 162 g/mol. The normalized spacial score (nSPS) is 26.5. The lowest BCUT2D eigenvalue weighted by atomic mass is 9.96. The van der Waals surface area contributed by atoms with Gasteiger partial charge in [0.1, 0.15) is 11.9 Å². The van der Waals surface area contributed by atoms with Crippen LogP contribution in [0.25, 0.3) is 0 Å². The zero-order valence-corrected chi connectivity index (χ0v) is 7.58. The third-order valence-electron chi connectivity index (χ3n) is 2.65. The molecule has 1 aliphatic heterocycles. The summed E-state index contributed by atoms with van der Waals surface area (Å²) in [5.74, 6) is 1.64. The zero-order valence-electron chi connectivity index (χ0n) is 7.58. The van der Waals surface area contributed by atoms with E-state index >= 15 is 0 Å². The summed E-state index contributed by atoms with van der Waals surface area (Å²) < 4.78 is 5.77. The summed E-state index contributed by atoms with van der Waals surface area (Å²) in [7, 11) is 0. The Bertz CT molecular complexity index is 280. The topological polar surface area (TPSA) is 9.23 Å². The van der Waals surface area contributed by atoms with E-state index in [0.29, 0.717) is 12.0 Å². The Morgan fingerprint density at radius 2 is 2.08 bits per heavy atom. The average molecular weight is 162 g/mol. The van der Waals surface area contributed by atoms with E-state index in [9.17, 15) is 0 Å². The molecule has 0 aromatic heterocycles. The van der Waals surface area contributed by atoms with Gasteiger partial charge in [-0.2, -0.15) is 0 Å². The highest BCUT2D eigenvalue weighted by Crippen LogP contribution is 2.38. The highest BCUT2D eigenvalue weighted by Gasteiger charge is 2.28. The van der Waals surface area contributed by atoms with Crippen molar-refractivity contribution in [1.82, 2.24) is 0 Å². The molecule has 1 nitrogen and oxygen atoms in total. The van der Waals surface area contributed by atoms with Gasteiger partial charge in [0.05, 0.1) is 0 Å². The van der Waals surface area contributed by atoms with Crippen molar-refractivity contribution < 1.29 is 4.74 Å². The van der Waals surface area contributed by atoms with Crippen LogP contribution >= 0.6 is 0 Å². The van der Waals surface area contributed by atoms with Gasteiger partial charge in [-0.25, -0.2) is 0 Å². The molecule has 0 saturated carbocycles. The van der Waals surface area contributed by atoms with Gasteiger partial charge in [-0.05, 0) is 12.5 Å². The lowest BCUT2D eigenvalue weighted by Crippen LogP contribution is -2.14. The Labute approximate surface area is 73.4 Å². The van der Waals surface area contributed by atoms with Crippen molar-refractivity contribution in [3.8, 4) is 5.75 Å². The second kappa shape index (κ2) is 2.81. The van der Waals surface area contributed by atoms with Crippen molar-refractivity contribution in [2.75, 3.05) is 0 Å². The number of fused-ring (bicyclic) bond motifs is 1. The van der Waals surface area contributed by atoms with Gasteiger partial charge >= 0.3 is 0 Å². The Morgan fingerprint density at radius 3 is 2.75 bits per heavy atom. The third-order valence-corrected chi connectivity index (χ3v) is 2.65. The predicted molar refractivity (Wildman–Crippen MR) is 49.6 cm³/mol. The second-order valence-corrected chi connectivity index (χ2v) is 3.39. The van der Waals surface area contributed by atoms with Gasteiger partial charge in [0.15, 0.2) is 0 Å². The van der Waals surface area contributed by atoms with Crippen molar-refractivity contribution >= 4 is 0 Å². The maximum atomic E-state index is 5.77. The Kier molecular flexibility index (Phi) is 1.80. The van der Waals surface area contributed by atoms with Gasteiger partial charge < -0.3 is 4.74 Å². The molecular weight excluding hydrogens is 148 g/mol. The molecule has 1 aliphatic rings. The minimum Gasteiger partial charge on any atom is -0.490 e. The first kappa shape index (κ1) is 7.66. The molecule has 1 aromatic rings. The molecule has 12 heavy (non-hydrogen) atoms. The molecular formula is C11H14O. The molecule has 2 atom stereocenters. The van der Waals surface area contributed by atoms with E-state index in [1.54, 1.807) is 0 Å². The summed E-state index contributed by atoms with van der Waals surface area (Å²) in [5.41, 5.74) is 1.37. The third kappa shape index (κ3) is 1.01. The van der Waals surface area contributed by atoms with Crippen LogP contribution in [0.15, 0.2) is 24.3 Å². The van der Waals surface area contributed by atoms with Crippen molar-refractivity contribution in [3.63, 3.8) is 0 Å². The molecule has 0 spiro atoms. The van der Waals surface area contributed by atoms with Crippen LogP contribution in [0.4, 0.5) is 0 Å². The van der Waals surface area contributed by atoms with Crippen molar-refractivity contribution in [2.45, 2.75) is 32.3 Å². The first-order valence-electron chi connectivity index (χ1n) is 4.58. The van der Waals surface area contributed by atoms with Gasteiger partial charge in [-0.15, -0.1) is 0 Å². The first-order chi connectivity index (χ1) is 5.83. The van der Waals surface area contributed by atoms with Gasteiger partial charge in [-0.1, -0.05) is 32.0 Å². The fourth-order valence-corrected chi connectivity index (χ4v) is 1.87. The Hall–Kier alpha value is -0.980. The van der Waals surface area contributed by atoms with Gasteiger partial charge in [-0.3, -0.25) is 0 Å². The largest absolute Gasteiger partial charge is 0.490 e. The van der Waals surface area contributed by atoms with Crippen LogP contribution in [-0.4, -0.2) is 6.10 Å². The molecule has 2 rings (SSSR count). The Morgan fingerprint density at radius 1 is 1.33 bits per heavy atom. The Balaban J connectivity index is 2.35. The first-order valence-corrected chi connectivity index (χ1v) is 4.58.